The Morgan fingerprint density at radius 1 is 1.43 bits per heavy atom. The van der Waals surface area contributed by atoms with Gasteiger partial charge >= 0.3 is 0 Å². The number of hydrogen-bond donors (Lipinski definition) is 3. The van der Waals surface area contributed by atoms with E-state index in [0.717, 1.165) is 0 Å². The maximum absolute atomic E-state index is 11.3. The van der Waals surface area contributed by atoms with E-state index in [2.05, 4.69) is 30.8 Å². The van der Waals surface area contributed by atoms with Gasteiger partial charge < -0.3 is 10.2 Å². The van der Waals surface area contributed by atoms with Gasteiger partial charge in [-0.1, -0.05) is 0 Å². The second kappa shape index (κ2) is 6.61. The van der Waals surface area contributed by atoms with Gasteiger partial charge in [0.15, 0.2) is 0 Å². The SMILES string of the molecule is CNC(=O)CCN(C)c1nc(NN)nc(-n2cccn2)n1. The molecule has 0 radical (unpaired) electrons. The average Bonchev–Trinajstić information content (AvgIpc) is 3.06. The molecular weight excluding hydrogens is 274 g/mol. The van der Waals surface area contributed by atoms with Gasteiger partial charge in [0.05, 0.1) is 0 Å². The number of anilines is 2. The maximum atomic E-state index is 11.3. The zero-order valence-electron chi connectivity index (χ0n) is 11.8. The average molecular weight is 291 g/mol. The van der Waals surface area contributed by atoms with Crippen LogP contribution in [0.5, 0.6) is 0 Å². The number of carbonyl (C=O) groups is 1. The summed E-state index contributed by atoms with van der Waals surface area (Å²) in [5.41, 5.74) is 2.39. The molecule has 10 heteroatoms. The van der Waals surface area contributed by atoms with Crippen LogP contribution < -0.4 is 21.5 Å². The lowest BCUT2D eigenvalue weighted by atomic mass is 10.4. The molecule has 0 aliphatic heterocycles. The van der Waals surface area contributed by atoms with E-state index in [0.29, 0.717) is 24.9 Å². The molecule has 0 unspecified atom stereocenters. The Balaban J connectivity index is 2.22. The highest BCUT2D eigenvalue weighted by atomic mass is 16.1. The third kappa shape index (κ3) is 3.63. The largest absolute Gasteiger partial charge is 0.359 e. The number of hydrazine groups is 1. The summed E-state index contributed by atoms with van der Waals surface area (Å²) in [4.78, 5) is 25.6. The molecule has 0 aliphatic rings. The molecule has 0 saturated carbocycles. The lowest BCUT2D eigenvalue weighted by Crippen LogP contribution is -2.28. The quantitative estimate of drug-likeness (QED) is 0.453. The highest BCUT2D eigenvalue weighted by Crippen LogP contribution is 2.11. The van der Waals surface area contributed by atoms with E-state index in [-0.39, 0.29) is 11.9 Å². The third-order valence-corrected chi connectivity index (χ3v) is 2.74. The van der Waals surface area contributed by atoms with E-state index in [9.17, 15) is 4.79 Å². The van der Waals surface area contributed by atoms with Crippen molar-refractivity contribution in [1.82, 2.24) is 30.0 Å². The summed E-state index contributed by atoms with van der Waals surface area (Å²) in [6, 6.07) is 1.76. The van der Waals surface area contributed by atoms with E-state index in [4.69, 9.17) is 5.84 Å². The molecule has 1 amide bonds. The van der Waals surface area contributed by atoms with Crippen LogP contribution in [0.15, 0.2) is 18.5 Å². The monoisotopic (exact) mass is 291 g/mol. The van der Waals surface area contributed by atoms with Crippen molar-refractivity contribution in [1.29, 1.82) is 0 Å². The fraction of sp³-hybridized carbons (Fsp3) is 0.364. The molecule has 10 nitrogen and oxygen atoms in total. The number of hydrogen-bond acceptors (Lipinski definition) is 8. The van der Waals surface area contributed by atoms with E-state index >= 15 is 0 Å². The number of nitrogens with one attached hydrogen (secondary N) is 2. The number of rotatable bonds is 6. The third-order valence-electron chi connectivity index (χ3n) is 2.74. The molecular formula is C11H17N9O. The van der Waals surface area contributed by atoms with Crippen molar-refractivity contribution >= 4 is 17.8 Å². The molecule has 2 aromatic rings. The molecule has 0 saturated heterocycles. The van der Waals surface area contributed by atoms with Crippen molar-refractivity contribution in [3.05, 3.63) is 18.5 Å². The Kier molecular flexibility index (Phi) is 4.61. The topological polar surface area (TPSA) is 127 Å². The minimum atomic E-state index is -0.0552. The number of nitrogens with zero attached hydrogens (tertiary/aromatic N) is 6. The first-order chi connectivity index (χ1) is 10.1. The van der Waals surface area contributed by atoms with Crippen LogP contribution in [0.25, 0.3) is 5.95 Å². The van der Waals surface area contributed by atoms with Gasteiger partial charge in [0.25, 0.3) is 5.95 Å². The van der Waals surface area contributed by atoms with Gasteiger partial charge in [-0.25, -0.2) is 10.5 Å². The van der Waals surface area contributed by atoms with Crippen molar-refractivity contribution in [2.45, 2.75) is 6.42 Å². The molecule has 4 N–H and O–H groups in total. The highest BCUT2D eigenvalue weighted by molar-refractivity contribution is 5.76. The van der Waals surface area contributed by atoms with Crippen molar-refractivity contribution in [2.24, 2.45) is 5.84 Å². The van der Waals surface area contributed by atoms with Crippen LogP contribution in [0.3, 0.4) is 0 Å². The molecule has 2 heterocycles. The van der Waals surface area contributed by atoms with Gasteiger partial charge in [-0.2, -0.15) is 20.1 Å². The van der Waals surface area contributed by atoms with E-state index in [1.807, 2.05) is 0 Å². The summed E-state index contributed by atoms with van der Waals surface area (Å²) >= 11 is 0. The van der Waals surface area contributed by atoms with E-state index < -0.39 is 0 Å². The van der Waals surface area contributed by atoms with Crippen LogP contribution in [-0.4, -0.2) is 51.3 Å². The van der Waals surface area contributed by atoms with Gasteiger partial charge in [0.2, 0.25) is 17.8 Å². The standard InChI is InChI=1S/C11H17N9O/c1-13-8(21)4-7-19(2)10-15-9(18-12)16-11(17-10)20-6-3-5-14-20/h3,5-6H,4,7,12H2,1-2H3,(H,13,21)(H,15,16,17,18). The van der Waals surface area contributed by atoms with Crippen LogP contribution >= 0.6 is 0 Å². The highest BCUT2D eigenvalue weighted by Gasteiger charge is 2.12. The lowest BCUT2D eigenvalue weighted by molar-refractivity contribution is -0.120. The first-order valence-electron chi connectivity index (χ1n) is 6.28. The smallest absolute Gasteiger partial charge is 0.257 e. The normalized spacial score (nSPS) is 10.2. The molecule has 0 fully saturated rings. The molecule has 0 aromatic carbocycles. The molecule has 0 bridgehead atoms. The summed E-state index contributed by atoms with van der Waals surface area (Å²) in [5.74, 6) is 6.27. The Hall–Kier alpha value is -2.75. The molecule has 112 valence electrons. The van der Waals surface area contributed by atoms with Crippen molar-refractivity contribution < 1.29 is 4.79 Å². The lowest BCUT2D eigenvalue weighted by Gasteiger charge is -2.17. The van der Waals surface area contributed by atoms with Gasteiger partial charge in [-0.15, -0.1) is 0 Å². The molecule has 0 spiro atoms. The molecule has 2 aromatic heterocycles. The predicted molar refractivity (Wildman–Crippen MR) is 76.7 cm³/mol. The van der Waals surface area contributed by atoms with Crippen LogP contribution in [0, 0.1) is 0 Å². The fourth-order valence-corrected chi connectivity index (χ4v) is 1.57. The minimum Gasteiger partial charge on any atom is -0.359 e. The van der Waals surface area contributed by atoms with Crippen molar-refractivity contribution in [3.8, 4) is 5.95 Å². The van der Waals surface area contributed by atoms with E-state index in [1.165, 1.54) is 4.68 Å². The number of carbonyl (C=O) groups excluding carboxylic acids is 1. The molecule has 2 rings (SSSR count). The summed E-state index contributed by atoms with van der Waals surface area (Å²) in [6.45, 7) is 0.465. The summed E-state index contributed by atoms with van der Waals surface area (Å²) in [6.07, 6.45) is 3.67. The first-order valence-corrected chi connectivity index (χ1v) is 6.28. The van der Waals surface area contributed by atoms with Crippen LogP contribution in [0.1, 0.15) is 6.42 Å². The second-order valence-corrected chi connectivity index (χ2v) is 4.20. The van der Waals surface area contributed by atoms with Gasteiger partial charge in [0, 0.05) is 39.5 Å². The predicted octanol–water partition coefficient (Wildman–Crippen LogP) is -1.08. The number of nitrogens with two attached hydrogens (primary N) is 1. The first kappa shape index (κ1) is 14.7. The van der Waals surface area contributed by atoms with E-state index in [1.54, 1.807) is 37.5 Å². The van der Waals surface area contributed by atoms with Gasteiger partial charge in [-0.3, -0.25) is 10.2 Å². The van der Waals surface area contributed by atoms with Gasteiger partial charge in [-0.05, 0) is 6.07 Å². The molecule has 0 atom stereocenters. The molecule has 21 heavy (non-hydrogen) atoms. The Morgan fingerprint density at radius 2 is 2.24 bits per heavy atom. The maximum Gasteiger partial charge on any atom is 0.257 e. The number of aromatic nitrogens is 5. The fourth-order valence-electron chi connectivity index (χ4n) is 1.57. The van der Waals surface area contributed by atoms with Crippen LogP contribution in [0.2, 0.25) is 0 Å². The zero-order valence-corrected chi connectivity index (χ0v) is 11.8. The second-order valence-electron chi connectivity index (χ2n) is 4.20. The summed E-state index contributed by atoms with van der Waals surface area (Å²) < 4.78 is 1.50. The Morgan fingerprint density at radius 3 is 2.86 bits per heavy atom. The Bertz CT molecular complexity index is 598. The zero-order chi connectivity index (χ0) is 15.2. The van der Waals surface area contributed by atoms with Crippen LogP contribution in [-0.2, 0) is 4.79 Å². The number of nitrogen functional groups attached to an aromatic ring is 1. The van der Waals surface area contributed by atoms with Crippen molar-refractivity contribution in [2.75, 3.05) is 31.0 Å². The minimum absolute atomic E-state index is 0.0552. The number of amides is 1. The van der Waals surface area contributed by atoms with Crippen molar-refractivity contribution in [3.63, 3.8) is 0 Å². The summed E-state index contributed by atoms with van der Waals surface area (Å²) in [7, 11) is 3.38. The summed E-state index contributed by atoms with van der Waals surface area (Å²) in [5, 5.41) is 6.63. The molecule has 0 aliphatic carbocycles. The van der Waals surface area contributed by atoms with Gasteiger partial charge in [0.1, 0.15) is 0 Å². The Labute approximate surface area is 121 Å². The van der Waals surface area contributed by atoms with Crippen LogP contribution in [0.4, 0.5) is 11.9 Å².